The van der Waals surface area contributed by atoms with Gasteiger partial charge in [-0.1, -0.05) is 13.8 Å². The van der Waals surface area contributed by atoms with Gasteiger partial charge in [0.1, 0.15) is 0 Å². The predicted octanol–water partition coefficient (Wildman–Crippen LogP) is 2.15. The van der Waals surface area contributed by atoms with E-state index in [2.05, 4.69) is 4.74 Å². The van der Waals surface area contributed by atoms with E-state index >= 15 is 0 Å². The van der Waals surface area contributed by atoms with Gasteiger partial charge in [-0.2, -0.15) is 8.78 Å². The molecule has 0 aliphatic carbocycles. The molecule has 2 N–H and O–H groups in total. The highest BCUT2D eigenvalue weighted by atomic mass is 32.2. The maximum absolute atomic E-state index is 13.6. The fourth-order valence-electron chi connectivity index (χ4n) is 1.20. The lowest BCUT2D eigenvalue weighted by atomic mass is 10.3. The predicted molar refractivity (Wildman–Crippen MR) is 82.7 cm³/mol. The molecule has 0 aliphatic rings. The number of alkyl halides is 4. The summed E-state index contributed by atoms with van der Waals surface area (Å²) in [6.07, 6.45) is -9.70. The fourth-order valence-corrected chi connectivity index (χ4v) is 3.04. The molecular formula is C12H24F4N2O3S2. The van der Waals surface area contributed by atoms with Crippen molar-refractivity contribution in [3.8, 4) is 0 Å². The van der Waals surface area contributed by atoms with E-state index in [-0.39, 0.29) is 11.7 Å². The van der Waals surface area contributed by atoms with Crippen molar-refractivity contribution in [1.82, 2.24) is 9.44 Å². The van der Waals surface area contributed by atoms with E-state index in [9.17, 15) is 26.0 Å². The van der Waals surface area contributed by atoms with Crippen molar-refractivity contribution in [2.24, 2.45) is 5.92 Å². The van der Waals surface area contributed by atoms with Gasteiger partial charge < -0.3 is 0 Å². The van der Waals surface area contributed by atoms with Gasteiger partial charge >= 0.3 is 6.11 Å². The van der Waals surface area contributed by atoms with Gasteiger partial charge in [-0.3, -0.25) is 4.74 Å². The molecule has 0 aromatic carbocycles. The van der Waals surface area contributed by atoms with E-state index in [0.717, 1.165) is 0 Å². The van der Waals surface area contributed by atoms with Crippen LogP contribution in [-0.2, 0) is 26.7 Å². The first kappa shape index (κ1) is 22.9. The second-order valence-electron chi connectivity index (χ2n) is 6.24. The molecular weight excluding hydrogens is 360 g/mol. The van der Waals surface area contributed by atoms with Crippen LogP contribution in [0.2, 0.25) is 0 Å². The Morgan fingerprint density at radius 2 is 1.65 bits per heavy atom. The Morgan fingerprint density at radius 1 is 1.13 bits per heavy atom. The molecule has 0 aromatic rings. The average Bonchev–Trinajstić information content (AvgIpc) is 2.32. The van der Waals surface area contributed by atoms with Crippen molar-refractivity contribution in [2.45, 2.75) is 58.1 Å². The van der Waals surface area contributed by atoms with Gasteiger partial charge in [0.05, 0.1) is 33.3 Å². The van der Waals surface area contributed by atoms with Crippen molar-refractivity contribution in [3.05, 3.63) is 0 Å². The summed E-state index contributed by atoms with van der Waals surface area (Å²) in [5.41, 5.74) is 0. The molecule has 0 aromatic heterocycles. The van der Waals surface area contributed by atoms with Gasteiger partial charge in [-0.15, -0.1) is 0 Å². The van der Waals surface area contributed by atoms with E-state index in [1.165, 1.54) is 0 Å². The Balaban J connectivity index is 4.66. The highest BCUT2D eigenvalue weighted by molar-refractivity contribution is 7.84. The molecule has 0 spiro atoms. The summed E-state index contributed by atoms with van der Waals surface area (Å²) < 4.78 is 83.0. The van der Waals surface area contributed by atoms with Crippen LogP contribution in [0.1, 0.15) is 34.6 Å². The van der Waals surface area contributed by atoms with Crippen LogP contribution in [0.5, 0.6) is 0 Å². The number of nitrogens with one attached hydrogen (secondary N) is 2. The van der Waals surface area contributed by atoms with Crippen LogP contribution < -0.4 is 9.44 Å². The molecule has 0 rings (SSSR count). The third kappa shape index (κ3) is 10.4. The molecule has 0 fully saturated rings. The Labute approximate surface area is 139 Å². The zero-order chi connectivity index (χ0) is 18.4. The normalized spacial score (nSPS) is 17.5. The molecule has 5 nitrogen and oxygen atoms in total. The van der Waals surface area contributed by atoms with Crippen molar-refractivity contribution in [2.75, 3.05) is 12.3 Å². The molecule has 23 heavy (non-hydrogen) atoms. The summed E-state index contributed by atoms with van der Waals surface area (Å²) in [5.74, 6) is -0.0530. The third-order valence-electron chi connectivity index (χ3n) is 2.23. The minimum absolute atomic E-state index is 0.0183. The molecule has 0 amide bonds. The molecule has 11 heteroatoms. The molecule has 0 heterocycles. The second kappa shape index (κ2) is 9.40. The van der Waals surface area contributed by atoms with E-state index < -0.39 is 52.0 Å². The summed E-state index contributed by atoms with van der Waals surface area (Å²) in [7, 11) is -3.74. The molecule has 140 valence electrons. The monoisotopic (exact) mass is 384 g/mol. The van der Waals surface area contributed by atoms with Crippen molar-refractivity contribution >= 4 is 22.0 Å². The molecule has 2 unspecified atom stereocenters. The van der Waals surface area contributed by atoms with Crippen molar-refractivity contribution in [3.63, 3.8) is 0 Å². The zero-order valence-corrected chi connectivity index (χ0v) is 15.3. The highest BCUT2D eigenvalue weighted by Gasteiger charge is 2.39. The number of ether oxygens (including phenoxy) is 1. The van der Waals surface area contributed by atoms with Crippen LogP contribution in [0, 0.1) is 5.92 Å². The maximum Gasteiger partial charge on any atom is 0.370 e. The van der Waals surface area contributed by atoms with E-state index in [1.54, 1.807) is 34.6 Å². The quantitative estimate of drug-likeness (QED) is 0.448. The van der Waals surface area contributed by atoms with Gasteiger partial charge in [0, 0.05) is 5.75 Å². The molecule has 0 aliphatic heterocycles. The first-order valence-corrected chi connectivity index (χ1v) is 9.35. The van der Waals surface area contributed by atoms with Crippen LogP contribution in [0.3, 0.4) is 0 Å². The van der Waals surface area contributed by atoms with E-state index in [1.807, 2.05) is 9.44 Å². The smallest absolute Gasteiger partial charge is 0.294 e. The summed E-state index contributed by atoms with van der Waals surface area (Å²) >= 11 is 0. The SMILES string of the molecule is CC(C)CS(=O)N[C@H](OC(F)(F)CNS(=O)C(C)(C)C)C(F)F. The lowest BCUT2D eigenvalue weighted by Gasteiger charge is -2.26. The van der Waals surface area contributed by atoms with Gasteiger partial charge in [0.25, 0.3) is 6.43 Å². The van der Waals surface area contributed by atoms with Crippen LogP contribution in [0.15, 0.2) is 0 Å². The van der Waals surface area contributed by atoms with Crippen LogP contribution in [0.4, 0.5) is 17.6 Å². The molecule has 0 radical (unpaired) electrons. The van der Waals surface area contributed by atoms with Gasteiger partial charge in [0.2, 0.25) is 0 Å². The largest absolute Gasteiger partial charge is 0.370 e. The number of halogens is 4. The zero-order valence-electron chi connectivity index (χ0n) is 13.7. The molecule has 3 atom stereocenters. The Bertz CT molecular complexity index is 418. The van der Waals surface area contributed by atoms with Crippen molar-refractivity contribution < 1.29 is 30.7 Å². The maximum atomic E-state index is 13.6. The fraction of sp³-hybridized carbons (Fsp3) is 1.00. The topological polar surface area (TPSA) is 67.4 Å². The summed E-state index contributed by atoms with van der Waals surface area (Å²) in [6.45, 7) is 6.89. The van der Waals surface area contributed by atoms with Gasteiger partial charge in [-0.25, -0.2) is 26.6 Å². The number of hydrogen-bond donors (Lipinski definition) is 2. The first-order chi connectivity index (χ1) is 10.2. The second-order valence-corrected chi connectivity index (χ2v) is 9.55. The summed E-state index contributed by atoms with van der Waals surface area (Å²) in [5, 5.41) is 0. The Morgan fingerprint density at radius 3 is 2.04 bits per heavy atom. The van der Waals surface area contributed by atoms with Gasteiger partial charge in [-0.05, 0) is 26.7 Å². The molecule has 0 saturated carbocycles. The lowest BCUT2D eigenvalue weighted by Crippen LogP contribution is -2.49. The molecule has 0 saturated heterocycles. The average molecular weight is 384 g/mol. The summed E-state index contributed by atoms with van der Waals surface area (Å²) in [6, 6.07) is 0. The van der Waals surface area contributed by atoms with E-state index in [0.29, 0.717) is 0 Å². The summed E-state index contributed by atoms with van der Waals surface area (Å²) in [4.78, 5) is 0. The third-order valence-corrected chi connectivity index (χ3v) is 5.21. The Hall–Kier alpha value is -0.100. The number of hydrogen-bond acceptors (Lipinski definition) is 3. The standard InChI is InChI=1S/C12H24F4N2O3S2/c1-8(2)6-22(19)18-10(9(13)14)21-12(15,16)7-17-23(20)11(3,4)5/h8-10,17-18H,6-7H2,1-5H3/t10-,22?,23?/m1/s1. The lowest BCUT2D eigenvalue weighted by molar-refractivity contribution is -0.277. The van der Waals surface area contributed by atoms with Crippen LogP contribution in [0.25, 0.3) is 0 Å². The Kier molecular flexibility index (Phi) is 9.36. The number of rotatable bonds is 10. The van der Waals surface area contributed by atoms with Crippen LogP contribution >= 0.6 is 0 Å². The van der Waals surface area contributed by atoms with Gasteiger partial charge in [0.15, 0.2) is 6.23 Å². The molecule has 0 bridgehead atoms. The minimum Gasteiger partial charge on any atom is -0.294 e. The highest BCUT2D eigenvalue weighted by Crippen LogP contribution is 2.20. The first-order valence-electron chi connectivity index (χ1n) is 6.88. The van der Waals surface area contributed by atoms with E-state index in [4.69, 9.17) is 0 Å². The minimum atomic E-state index is -4.00. The van der Waals surface area contributed by atoms with Crippen molar-refractivity contribution in [1.29, 1.82) is 0 Å². The van der Waals surface area contributed by atoms with Crippen LogP contribution in [-0.4, -0.2) is 44.2 Å².